The van der Waals surface area contributed by atoms with Gasteiger partial charge < -0.3 is 4.90 Å². The maximum Gasteiger partial charge on any atom is 0.243 e. The molecule has 0 aromatic heterocycles. The predicted molar refractivity (Wildman–Crippen MR) is 111 cm³/mol. The fourth-order valence-corrected chi connectivity index (χ4v) is 5.74. The minimum Gasteiger partial charge on any atom is -0.339 e. The largest absolute Gasteiger partial charge is 0.339 e. The molecule has 1 aromatic rings. The molecule has 2 fully saturated rings. The molecule has 7 heteroatoms. The maximum absolute atomic E-state index is 12.9. The molecule has 3 rings (SSSR count). The lowest BCUT2D eigenvalue weighted by Gasteiger charge is -2.35. The molecule has 6 nitrogen and oxygen atoms in total. The second-order valence-corrected chi connectivity index (χ2v) is 10.3. The quantitative estimate of drug-likeness (QED) is 0.726. The van der Waals surface area contributed by atoms with Crippen molar-refractivity contribution >= 4 is 15.9 Å². The van der Waals surface area contributed by atoms with E-state index in [0.717, 1.165) is 23.6 Å². The van der Waals surface area contributed by atoms with Gasteiger partial charge in [-0.05, 0) is 62.9 Å². The highest BCUT2D eigenvalue weighted by molar-refractivity contribution is 7.89. The minimum atomic E-state index is -3.50. The van der Waals surface area contributed by atoms with Gasteiger partial charge in [0.2, 0.25) is 15.9 Å². The van der Waals surface area contributed by atoms with Crippen LogP contribution in [0, 0.1) is 19.8 Å². The van der Waals surface area contributed by atoms with Gasteiger partial charge in [-0.25, -0.2) is 8.42 Å². The number of hydrogen-bond acceptors (Lipinski definition) is 4. The summed E-state index contributed by atoms with van der Waals surface area (Å²) < 4.78 is 27.3. The van der Waals surface area contributed by atoms with E-state index in [1.807, 2.05) is 27.0 Å². The zero-order chi connectivity index (χ0) is 20.3. The van der Waals surface area contributed by atoms with Crippen molar-refractivity contribution in [1.82, 2.24) is 14.1 Å². The number of aryl methyl sites for hydroxylation is 2. The van der Waals surface area contributed by atoms with Gasteiger partial charge in [-0.15, -0.1) is 0 Å². The first-order valence-electron chi connectivity index (χ1n) is 10.3. The van der Waals surface area contributed by atoms with Crippen LogP contribution in [-0.2, 0) is 14.8 Å². The zero-order valence-electron chi connectivity index (χ0n) is 17.4. The van der Waals surface area contributed by atoms with Crippen LogP contribution in [0.15, 0.2) is 23.1 Å². The fourth-order valence-electron chi connectivity index (χ4n) is 4.23. The van der Waals surface area contributed by atoms with Gasteiger partial charge in [0.15, 0.2) is 0 Å². The van der Waals surface area contributed by atoms with E-state index >= 15 is 0 Å². The van der Waals surface area contributed by atoms with Crippen LogP contribution in [0.3, 0.4) is 0 Å². The highest BCUT2D eigenvalue weighted by Crippen LogP contribution is 2.25. The predicted octanol–water partition coefficient (Wildman–Crippen LogP) is 2.26. The van der Waals surface area contributed by atoms with Crippen LogP contribution in [0.5, 0.6) is 0 Å². The Bertz CT molecular complexity index is 795. The minimum absolute atomic E-state index is 0.101. The Labute approximate surface area is 169 Å². The molecule has 156 valence electrons. The third-order valence-corrected chi connectivity index (χ3v) is 8.05. The molecular formula is C21H33N3O3S. The average molecular weight is 408 g/mol. The van der Waals surface area contributed by atoms with Crippen molar-refractivity contribution in [3.8, 4) is 0 Å². The topological polar surface area (TPSA) is 60.9 Å². The molecule has 0 radical (unpaired) electrons. The summed E-state index contributed by atoms with van der Waals surface area (Å²) in [5, 5.41) is 0. The van der Waals surface area contributed by atoms with Crippen molar-refractivity contribution in [1.29, 1.82) is 0 Å². The lowest BCUT2D eigenvalue weighted by Crippen LogP contribution is -2.52. The fraction of sp³-hybridized carbons (Fsp3) is 0.667. The molecular weight excluding hydrogens is 374 g/mol. The summed E-state index contributed by atoms with van der Waals surface area (Å²) in [7, 11) is -1.49. The standard InChI is InChI=1S/C21H33N3O3S/c1-17-8-9-20(14-18(17)2)28(26,27)24-12-10-23(11-13-24)21(25)16-22(3)15-19-6-4-5-7-19/h8-9,14,19H,4-7,10-13,15-16H2,1-3H3. The summed E-state index contributed by atoms with van der Waals surface area (Å²) in [4.78, 5) is 16.9. The number of hydrogen-bond donors (Lipinski definition) is 0. The summed E-state index contributed by atoms with van der Waals surface area (Å²) in [5.74, 6) is 0.821. The molecule has 2 aliphatic rings. The summed E-state index contributed by atoms with van der Waals surface area (Å²) in [6.45, 7) is 6.92. The lowest BCUT2D eigenvalue weighted by atomic mass is 10.1. The van der Waals surface area contributed by atoms with E-state index in [4.69, 9.17) is 0 Å². The van der Waals surface area contributed by atoms with Crippen LogP contribution in [-0.4, -0.2) is 74.7 Å². The molecule has 1 saturated carbocycles. The number of carbonyl (C=O) groups excluding carboxylic acids is 1. The second-order valence-electron chi connectivity index (χ2n) is 8.38. The monoisotopic (exact) mass is 407 g/mol. The van der Waals surface area contributed by atoms with Crippen molar-refractivity contribution in [2.45, 2.75) is 44.4 Å². The van der Waals surface area contributed by atoms with E-state index in [0.29, 0.717) is 37.6 Å². The number of nitrogens with zero attached hydrogens (tertiary/aromatic N) is 3. The molecule has 1 amide bonds. The number of benzene rings is 1. The number of piperazine rings is 1. The third kappa shape index (κ3) is 4.93. The van der Waals surface area contributed by atoms with Gasteiger partial charge in [0.25, 0.3) is 0 Å². The van der Waals surface area contributed by atoms with Gasteiger partial charge in [-0.2, -0.15) is 4.31 Å². The first kappa shape index (κ1) is 21.3. The molecule has 1 aliphatic heterocycles. The molecule has 0 N–H and O–H groups in total. The summed E-state index contributed by atoms with van der Waals surface area (Å²) >= 11 is 0. The molecule has 28 heavy (non-hydrogen) atoms. The van der Waals surface area contributed by atoms with E-state index < -0.39 is 10.0 Å². The Morgan fingerprint density at radius 1 is 1.07 bits per heavy atom. The van der Waals surface area contributed by atoms with Crippen molar-refractivity contribution in [3.63, 3.8) is 0 Å². The molecule has 0 atom stereocenters. The van der Waals surface area contributed by atoms with E-state index in [2.05, 4.69) is 4.90 Å². The highest BCUT2D eigenvalue weighted by atomic mass is 32.2. The first-order valence-corrected chi connectivity index (χ1v) is 11.7. The van der Waals surface area contributed by atoms with Gasteiger partial charge in [-0.3, -0.25) is 9.69 Å². The van der Waals surface area contributed by atoms with Crippen molar-refractivity contribution < 1.29 is 13.2 Å². The van der Waals surface area contributed by atoms with E-state index in [-0.39, 0.29) is 5.91 Å². The maximum atomic E-state index is 12.9. The summed E-state index contributed by atoms with van der Waals surface area (Å²) in [6.07, 6.45) is 5.16. The van der Waals surface area contributed by atoms with Crippen molar-refractivity contribution in [2.24, 2.45) is 5.92 Å². The summed E-state index contributed by atoms with van der Waals surface area (Å²) in [6, 6.07) is 5.26. The van der Waals surface area contributed by atoms with Gasteiger partial charge in [0.05, 0.1) is 11.4 Å². The van der Waals surface area contributed by atoms with Crippen molar-refractivity contribution in [2.75, 3.05) is 46.3 Å². The smallest absolute Gasteiger partial charge is 0.243 e. The lowest BCUT2D eigenvalue weighted by molar-refractivity contribution is -0.133. The first-order chi connectivity index (χ1) is 13.3. The molecule has 1 aliphatic carbocycles. The zero-order valence-corrected chi connectivity index (χ0v) is 18.2. The van der Waals surface area contributed by atoms with Crippen LogP contribution >= 0.6 is 0 Å². The number of likely N-dealkylation sites (N-methyl/N-ethyl adjacent to an activating group) is 1. The molecule has 1 saturated heterocycles. The van der Waals surface area contributed by atoms with Crippen molar-refractivity contribution in [3.05, 3.63) is 29.3 Å². The Hall–Kier alpha value is -1.44. The van der Waals surface area contributed by atoms with E-state index in [9.17, 15) is 13.2 Å². The van der Waals surface area contributed by atoms with Gasteiger partial charge in [-0.1, -0.05) is 18.9 Å². The normalized spacial score (nSPS) is 19.5. The average Bonchev–Trinajstić information content (AvgIpc) is 3.16. The van der Waals surface area contributed by atoms with Gasteiger partial charge in [0, 0.05) is 32.7 Å². The Kier molecular flexibility index (Phi) is 6.78. The van der Waals surface area contributed by atoms with Crippen LogP contribution < -0.4 is 0 Å². The molecule has 0 spiro atoms. The third-order valence-electron chi connectivity index (χ3n) is 6.16. The Morgan fingerprint density at radius 3 is 2.32 bits per heavy atom. The van der Waals surface area contributed by atoms with Crippen LogP contribution in [0.25, 0.3) is 0 Å². The second kappa shape index (κ2) is 8.93. The molecule has 1 aromatic carbocycles. The number of sulfonamides is 1. The van der Waals surface area contributed by atoms with E-state index in [1.165, 1.54) is 30.0 Å². The van der Waals surface area contributed by atoms with Crippen LogP contribution in [0.4, 0.5) is 0 Å². The van der Waals surface area contributed by atoms with Gasteiger partial charge in [0.1, 0.15) is 0 Å². The molecule has 0 unspecified atom stereocenters. The SMILES string of the molecule is Cc1ccc(S(=O)(=O)N2CCN(C(=O)CN(C)CC3CCCC3)CC2)cc1C. The van der Waals surface area contributed by atoms with E-state index in [1.54, 1.807) is 17.0 Å². The molecule has 1 heterocycles. The summed E-state index contributed by atoms with van der Waals surface area (Å²) in [5.41, 5.74) is 2.05. The van der Waals surface area contributed by atoms with Gasteiger partial charge >= 0.3 is 0 Å². The van der Waals surface area contributed by atoms with Crippen LogP contribution in [0.2, 0.25) is 0 Å². The van der Waals surface area contributed by atoms with Crippen LogP contribution in [0.1, 0.15) is 36.8 Å². The molecule has 0 bridgehead atoms. The number of rotatable bonds is 6. The Morgan fingerprint density at radius 2 is 1.71 bits per heavy atom. The Balaban J connectivity index is 1.53. The number of amides is 1. The number of carbonyl (C=O) groups is 1. The highest BCUT2D eigenvalue weighted by Gasteiger charge is 2.30.